The van der Waals surface area contributed by atoms with Gasteiger partial charge in [0, 0.05) is 13.6 Å². The van der Waals surface area contributed by atoms with Crippen molar-refractivity contribution >= 4 is 10.9 Å². The van der Waals surface area contributed by atoms with Crippen molar-refractivity contribution in [3.63, 3.8) is 0 Å². The van der Waals surface area contributed by atoms with Gasteiger partial charge in [0.05, 0.1) is 35.4 Å². The normalized spacial score (nSPS) is 18.0. The lowest BCUT2D eigenvalue weighted by Gasteiger charge is -2.25. The lowest BCUT2D eigenvalue weighted by atomic mass is 10.1. The first-order chi connectivity index (χ1) is 13.0. The van der Waals surface area contributed by atoms with Crippen LogP contribution in [0.25, 0.3) is 10.9 Å². The zero-order valence-corrected chi connectivity index (χ0v) is 14.9. The molecule has 3 aromatic rings. The molecule has 0 N–H and O–H groups in total. The highest BCUT2D eigenvalue weighted by molar-refractivity contribution is 5.77. The summed E-state index contributed by atoms with van der Waals surface area (Å²) >= 11 is 0. The van der Waals surface area contributed by atoms with Crippen LogP contribution in [-0.4, -0.2) is 42.4 Å². The third-order valence-corrected chi connectivity index (χ3v) is 4.89. The molecule has 2 aromatic heterocycles. The predicted octanol–water partition coefficient (Wildman–Crippen LogP) is 2.13. The van der Waals surface area contributed by atoms with Gasteiger partial charge in [0.1, 0.15) is 5.82 Å². The number of fused-ring (bicyclic) bond motifs is 1. The summed E-state index contributed by atoms with van der Waals surface area (Å²) in [5.74, 6) is 0.403. The number of para-hydroxylation sites is 1. The van der Waals surface area contributed by atoms with Crippen LogP contribution in [0.5, 0.6) is 0 Å². The Morgan fingerprint density at radius 2 is 2.11 bits per heavy atom. The van der Waals surface area contributed by atoms with Crippen LogP contribution in [0, 0.1) is 0 Å². The van der Waals surface area contributed by atoms with Crippen LogP contribution in [-0.2, 0) is 20.1 Å². The number of nitrogens with zero attached hydrogens (tertiary/aromatic N) is 6. The molecule has 1 saturated heterocycles. The van der Waals surface area contributed by atoms with Gasteiger partial charge in [-0.05, 0) is 31.5 Å². The Balaban J connectivity index is 1.77. The number of aromatic nitrogens is 5. The summed E-state index contributed by atoms with van der Waals surface area (Å²) in [5.41, 5.74) is 0.921. The Kier molecular flexibility index (Phi) is 4.69. The SMILES string of the molecule is Cn1ncc(CN2CCCC2c2nc3ccccc3c(=O)n2CC(F)F)n1. The first-order valence-corrected chi connectivity index (χ1v) is 8.90. The van der Waals surface area contributed by atoms with Crippen molar-refractivity contribution in [2.24, 2.45) is 7.05 Å². The van der Waals surface area contributed by atoms with Crippen molar-refractivity contribution in [3.05, 3.63) is 52.3 Å². The van der Waals surface area contributed by atoms with Gasteiger partial charge in [0.2, 0.25) is 0 Å². The topological polar surface area (TPSA) is 68.8 Å². The molecular formula is C18H20F2N6O. The molecule has 1 aliphatic rings. The van der Waals surface area contributed by atoms with E-state index in [-0.39, 0.29) is 6.04 Å². The van der Waals surface area contributed by atoms with Gasteiger partial charge in [-0.15, -0.1) is 0 Å². The molecule has 3 heterocycles. The second kappa shape index (κ2) is 7.15. The molecule has 4 rings (SSSR count). The first kappa shape index (κ1) is 17.7. The Hall–Kier alpha value is -2.68. The minimum Gasteiger partial charge on any atom is -0.289 e. The average Bonchev–Trinajstić information content (AvgIpc) is 3.26. The van der Waals surface area contributed by atoms with Crippen molar-refractivity contribution in [1.82, 2.24) is 29.4 Å². The second-order valence-electron chi connectivity index (χ2n) is 6.75. The monoisotopic (exact) mass is 374 g/mol. The van der Waals surface area contributed by atoms with Gasteiger partial charge < -0.3 is 0 Å². The van der Waals surface area contributed by atoms with Crippen molar-refractivity contribution in [2.45, 2.75) is 38.4 Å². The molecule has 0 aliphatic carbocycles. The smallest absolute Gasteiger partial charge is 0.261 e. The van der Waals surface area contributed by atoms with E-state index in [0.717, 1.165) is 29.6 Å². The zero-order chi connectivity index (χ0) is 19.0. The van der Waals surface area contributed by atoms with E-state index in [1.54, 1.807) is 37.5 Å². The molecule has 1 atom stereocenters. The first-order valence-electron chi connectivity index (χ1n) is 8.90. The van der Waals surface area contributed by atoms with Crippen LogP contribution in [0.3, 0.4) is 0 Å². The number of halogens is 2. The molecule has 1 unspecified atom stereocenters. The van der Waals surface area contributed by atoms with E-state index in [0.29, 0.717) is 23.3 Å². The summed E-state index contributed by atoms with van der Waals surface area (Å²) in [5, 5.41) is 8.73. The van der Waals surface area contributed by atoms with E-state index in [1.165, 1.54) is 4.80 Å². The highest BCUT2D eigenvalue weighted by atomic mass is 19.3. The molecule has 1 aromatic carbocycles. The average molecular weight is 374 g/mol. The molecule has 7 nitrogen and oxygen atoms in total. The van der Waals surface area contributed by atoms with Gasteiger partial charge in [0.15, 0.2) is 0 Å². The fraction of sp³-hybridized carbons (Fsp3) is 0.444. The number of benzene rings is 1. The van der Waals surface area contributed by atoms with E-state index < -0.39 is 18.5 Å². The highest BCUT2D eigenvalue weighted by Gasteiger charge is 2.31. The summed E-state index contributed by atoms with van der Waals surface area (Å²) in [6, 6.07) is 6.68. The third-order valence-electron chi connectivity index (χ3n) is 4.89. The maximum atomic E-state index is 13.2. The molecule has 0 spiro atoms. The maximum absolute atomic E-state index is 13.2. The van der Waals surface area contributed by atoms with E-state index in [1.807, 2.05) is 0 Å². The van der Waals surface area contributed by atoms with Crippen molar-refractivity contribution < 1.29 is 8.78 Å². The number of hydrogen-bond donors (Lipinski definition) is 0. The Bertz CT molecular complexity index is 1010. The van der Waals surface area contributed by atoms with Gasteiger partial charge in [-0.1, -0.05) is 12.1 Å². The van der Waals surface area contributed by atoms with Gasteiger partial charge in [-0.3, -0.25) is 14.3 Å². The maximum Gasteiger partial charge on any atom is 0.261 e. The molecule has 0 amide bonds. The van der Waals surface area contributed by atoms with Crippen LogP contribution >= 0.6 is 0 Å². The van der Waals surface area contributed by atoms with Crippen LogP contribution < -0.4 is 5.56 Å². The zero-order valence-electron chi connectivity index (χ0n) is 14.9. The molecule has 0 radical (unpaired) electrons. The molecule has 142 valence electrons. The van der Waals surface area contributed by atoms with E-state index in [4.69, 9.17) is 0 Å². The van der Waals surface area contributed by atoms with Crippen LogP contribution in [0.1, 0.15) is 30.4 Å². The largest absolute Gasteiger partial charge is 0.289 e. The molecule has 27 heavy (non-hydrogen) atoms. The Morgan fingerprint density at radius 1 is 1.30 bits per heavy atom. The summed E-state index contributed by atoms with van der Waals surface area (Å²) in [6.07, 6.45) is 0.728. The molecule has 1 fully saturated rings. The fourth-order valence-electron chi connectivity index (χ4n) is 3.73. The van der Waals surface area contributed by atoms with E-state index >= 15 is 0 Å². The summed E-state index contributed by atoms with van der Waals surface area (Å²) in [6.45, 7) is 0.677. The number of hydrogen-bond acceptors (Lipinski definition) is 5. The molecule has 0 saturated carbocycles. The third kappa shape index (κ3) is 3.46. The van der Waals surface area contributed by atoms with Crippen molar-refractivity contribution in [3.8, 4) is 0 Å². The van der Waals surface area contributed by atoms with Gasteiger partial charge in [-0.2, -0.15) is 15.0 Å². The predicted molar refractivity (Wildman–Crippen MR) is 95.4 cm³/mol. The molecule has 0 bridgehead atoms. The number of likely N-dealkylation sites (tertiary alicyclic amines) is 1. The van der Waals surface area contributed by atoms with Gasteiger partial charge in [0.25, 0.3) is 12.0 Å². The summed E-state index contributed by atoms with van der Waals surface area (Å²) < 4.78 is 27.5. The molecular weight excluding hydrogens is 354 g/mol. The van der Waals surface area contributed by atoms with E-state index in [9.17, 15) is 13.6 Å². The van der Waals surface area contributed by atoms with Gasteiger partial charge in [-0.25, -0.2) is 13.8 Å². The summed E-state index contributed by atoms with van der Waals surface area (Å²) in [7, 11) is 1.75. The van der Waals surface area contributed by atoms with Crippen LogP contribution in [0.4, 0.5) is 8.78 Å². The Labute approximate surface area is 154 Å². The lowest BCUT2D eigenvalue weighted by molar-refractivity contribution is 0.120. The second-order valence-corrected chi connectivity index (χ2v) is 6.75. The summed E-state index contributed by atoms with van der Waals surface area (Å²) in [4.78, 5) is 21.1. The molecule has 9 heteroatoms. The quantitative estimate of drug-likeness (QED) is 0.684. The number of alkyl halides is 2. The number of aryl methyl sites for hydroxylation is 1. The minimum atomic E-state index is -2.63. The van der Waals surface area contributed by atoms with E-state index in [2.05, 4.69) is 20.1 Å². The fourth-order valence-corrected chi connectivity index (χ4v) is 3.73. The Morgan fingerprint density at radius 3 is 2.85 bits per heavy atom. The van der Waals surface area contributed by atoms with Crippen molar-refractivity contribution in [2.75, 3.05) is 6.54 Å². The van der Waals surface area contributed by atoms with Crippen molar-refractivity contribution in [1.29, 1.82) is 0 Å². The lowest BCUT2D eigenvalue weighted by Crippen LogP contribution is -2.33. The standard InChI is InChI=1S/C18H20F2N6O/c1-24-21-9-12(23-24)10-25-8-4-7-15(25)17-22-14-6-3-2-5-13(14)18(27)26(17)11-16(19)20/h2-3,5-6,9,15-16H,4,7-8,10-11H2,1H3. The van der Waals surface area contributed by atoms with Gasteiger partial charge >= 0.3 is 0 Å². The highest BCUT2D eigenvalue weighted by Crippen LogP contribution is 2.32. The number of rotatable bonds is 5. The minimum absolute atomic E-state index is 0.205. The van der Waals surface area contributed by atoms with Crippen LogP contribution in [0.15, 0.2) is 35.3 Å². The van der Waals surface area contributed by atoms with Crippen LogP contribution in [0.2, 0.25) is 0 Å². The molecule has 1 aliphatic heterocycles.